The molecule has 2 aliphatic rings. The smallest absolute Gasteiger partial charge is 0.265 e. The predicted molar refractivity (Wildman–Crippen MR) is 67.5 cm³/mol. The number of aryl methyl sites for hydroxylation is 2. The van der Waals surface area contributed by atoms with Gasteiger partial charge in [0.15, 0.2) is 0 Å². The highest BCUT2D eigenvalue weighted by Crippen LogP contribution is 2.27. The van der Waals surface area contributed by atoms with Gasteiger partial charge in [0.2, 0.25) is 0 Å². The Bertz CT molecular complexity index is 547. The van der Waals surface area contributed by atoms with Crippen LogP contribution in [0.2, 0.25) is 0 Å². The standard InChI is InChI=1S/C13H17NO3S/c15-18(16,14-8-1-2-9-17-14)13-7-6-11-4-3-5-12(11)10-13/h6-7,10H,1-5,8-9H2. The Kier molecular flexibility index (Phi) is 3.13. The Morgan fingerprint density at radius 1 is 1.06 bits per heavy atom. The molecule has 0 spiro atoms. The fourth-order valence-electron chi connectivity index (χ4n) is 2.59. The first-order valence-corrected chi connectivity index (χ1v) is 7.89. The topological polar surface area (TPSA) is 46.6 Å². The van der Waals surface area contributed by atoms with Crippen molar-refractivity contribution >= 4 is 10.0 Å². The molecule has 1 fully saturated rings. The first-order chi connectivity index (χ1) is 8.68. The molecule has 1 aromatic rings. The van der Waals surface area contributed by atoms with Gasteiger partial charge in [-0.3, -0.25) is 4.84 Å². The van der Waals surface area contributed by atoms with Crippen molar-refractivity contribution in [1.82, 2.24) is 4.47 Å². The van der Waals surface area contributed by atoms with Crippen LogP contribution in [0.3, 0.4) is 0 Å². The quantitative estimate of drug-likeness (QED) is 0.822. The summed E-state index contributed by atoms with van der Waals surface area (Å²) in [5.41, 5.74) is 2.46. The number of fused-ring (bicyclic) bond motifs is 1. The first-order valence-electron chi connectivity index (χ1n) is 6.45. The summed E-state index contributed by atoms with van der Waals surface area (Å²) in [4.78, 5) is 5.63. The molecule has 18 heavy (non-hydrogen) atoms. The molecule has 98 valence electrons. The second-order valence-electron chi connectivity index (χ2n) is 4.86. The van der Waals surface area contributed by atoms with Crippen LogP contribution < -0.4 is 0 Å². The molecule has 0 saturated carbocycles. The van der Waals surface area contributed by atoms with Crippen molar-refractivity contribution in [1.29, 1.82) is 0 Å². The van der Waals surface area contributed by atoms with E-state index in [2.05, 4.69) is 0 Å². The van der Waals surface area contributed by atoms with Crippen LogP contribution in [0.1, 0.15) is 30.4 Å². The Morgan fingerprint density at radius 3 is 2.67 bits per heavy atom. The molecule has 0 bridgehead atoms. The minimum atomic E-state index is -3.47. The van der Waals surface area contributed by atoms with Gasteiger partial charge in [-0.2, -0.15) is 0 Å². The van der Waals surface area contributed by atoms with Gasteiger partial charge in [-0.05, 0) is 55.4 Å². The van der Waals surface area contributed by atoms with E-state index in [9.17, 15) is 8.42 Å². The molecule has 1 aliphatic heterocycles. The number of sulfonamides is 1. The monoisotopic (exact) mass is 267 g/mol. The van der Waals surface area contributed by atoms with Crippen molar-refractivity contribution in [2.75, 3.05) is 13.2 Å². The summed E-state index contributed by atoms with van der Waals surface area (Å²) in [6.07, 6.45) is 4.97. The Balaban J connectivity index is 1.93. The lowest BCUT2D eigenvalue weighted by atomic mass is 10.1. The Morgan fingerprint density at radius 2 is 1.89 bits per heavy atom. The number of nitrogens with zero attached hydrogens (tertiary/aromatic N) is 1. The summed E-state index contributed by atoms with van der Waals surface area (Å²) in [6.45, 7) is 0.948. The van der Waals surface area contributed by atoms with Gasteiger partial charge >= 0.3 is 0 Å². The zero-order chi connectivity index (χ0) is 12.6. The Labute approximate surface area is 108 Å². The molecule has 0 aromatic heterocycles. The zero-order valence-corrected chi connectivity index (χ0v) is 11.1. The number of hydrogen-bond acceptors (Lipinski definition) is 3. The van der Waals surface area contributed by atoms with Crippen LogP contribution in [0, 0.1) is 0 Å². The predicted octanol–water partition coefficient (Wildman–Crippen LogP) is 1.89. The van der Waals surface area contributed by atoms with E-state index < -0.39 is 10.0 Å². The largest absolute Gasteiger partial charge is 0.284 e. The van der Waals surface area contributed by atoms with E-state index in [1.165, 1.54) is 11.1 Å². The highest BCUT2D eigenvalue weighted by atomic mass is 32.2. The molecule has 4 nitrogen and oxygen atoms in total. The molecule has 0 radical (unpaired) electrons. The van der Waals surface area contributed by atoms with Crippen molar-refractivity contribution in [3.8, 4) is 0 Å². The van der Waals surface area contributed by atoms with E-state index in [0.29, 0.717) is 18.0 Å². The van der Waals surface area contributed by atoms with Gasteiger partial charge in [0.25, 0.3) is 10.0 Å². The van der Waals surface area contributed by atoms with E-state index >= 15 is 0 Å². The maximum Gasteiger partial charge on any atom is 0.265 e. The molecule has 0 amide bonds. The lowest BCUT2D eigenvalue weighted by Gasteiger charge is -2.25. The van der Waals surface area contributed by atoms with Crippen LogP contribution in [0.25, 0.3) is 0 Å². The minimum absolute atomic E-state index is 0.366. The summed E-state index contributed by atoms with van der Waals surface area (Å²) < 4.78 is 25.9. The van der Waals surface area contributed by atoms with E-state index in [1.807, 2.05) is 12.1 Å². The average Bonchev–Trinajstić information content (AvgIpc) is 2.87. The van der Waals surface area contributed by atoms with E-state index in [4.69, 9.17) is 4.84 Å². The first kappa shape index (κ1) is 12.1. The molecule has 5 heteroatoms. The van der Waals surface area contributed by atoms with Crippen LogP contribution in [0.4, 0.5) is 0 Å². The molecular weight excluding hydrogens is 250 g/mol. The van der Waals surface area contributed by atoms with Crippen LogP contribution in [0.15, 0.2) is 23.1 Å². The summed E-state index contributed by atoms with van der Waals surface area (Å²) in [7, 11) is -3.47. The third-order valence-electron chi connectivity index (χ3n) is 3.61. The van der Waals surface area contributed by atoms with Gasteiger partial charge in [-0.25, -0.2) is 8.42 Å². The van der Waals surface area contributed by atoms with Gasteiger partial charge in [-0.1, -0.05) is 10.5 Å². The molecule has 1 saturated heterocycles. The van der Waals surface area contributed by atoms with Crippen molar-refractivity contribution < 1.29 is 13.3 Å². The number of hydroxylamine groups is 1. The SMILES string of the molecule is O=S(=O)(c1ccc2c(c1)CCC2)N1CCCCO1. The summed E-state index contributed by atoms with van der Waals surface area (Å²) in [5.74, 6) is 0. The molecule has 0 unspecified atom stereocenters. The molecule has 0 atom stereocenters. The lowest BCUT2D eigenvalue weighted by molar-refractivity contribution is -0.108. The zero-order valence-electron chi connectivity index (χ0n) is 10.3. The van der Waals surface area contributed by atoms with Gasteiger partial charge < -0.3 is 0 Å². The van der Waals surface area contributed by atoms with Crippen LogP contribution in [-0.4, -0.2) is 26.0 Å². The Hall–Kier alpha value is -0.910. The van der Waals surface area contributed by atoms with Crippen LogP contribution in [0.5, 0.6) is 0 Å². The van der Waals surface area contributed by atoms with Crippen LogP contribution >= 0.6 is 0 Å². The molecule has 3 rings (SSSR count). The number of benzene rings is 1. The number of rotatable bonds is 2. The van der Waals surface area contributed by atoms with Crippen molar-refractivity contribution in [2.45, 2.75) is 37.0 Å². The highest BCUT2D eigenvalue weighted by Gasteiger charge is 2.28. The molecule has 1 aromatic carbocycles. The highest BCUT2D eigenvalue weighted by molar-refractivity contribution is 7.89. The molecule has 0 N–H and O–H groups in total. The van der Waals surface area contributed by atoms with E-state index in [0.717, 1.165) is 36.6 Å². The molecule has 1 aliphatic carbocycles. The fraction of sp³-hybridized carbons (Fsp3) is 0.538. The van der Waals surface area contributed by atoms with Gasteiger partial charge in [0.1, 0.15) is 0 Å². The minimum Gasteiger partial charge on any atom is -0.284 e. The molecule has 1 heterocycles. The average molecular weight is 267 g/mol. The second kappa shape index (κ2) is 4.64. The van der Waals surface area contributed by atoms with E-state index in [-0.39, 0.29) is 0 Å². The third-order valence-corrected chi connectivity index (χ3v) is 5.28. The number of hydrogen-bond donors (Lipinski definition) is 0. The maximum atomic E-state index is 12.4. The fourth-order valence-corrected chi connectivity index (χ4v) is 3.94. The lowest BCUT2D eigenvalue weighted by Crippen LogP contribution is -2.35. The second-order valence-corrected chi connectivity index (χ2v) is 6.68. The van der Waals surface area contributed by atoms with Crippen molar-refractivity contribution in [3.63, 3.8) is 0 Å². The van der Waals surface area contributed by atoms with Crippen molar-refractivity contribution in [3.05, 3.63) is 29.3 Å². The van der Waals surface area contributed by atoms with Crippen molar-refractivity contribution in [2.24, 2.45) is 0 Å². The summed E-state index contributed by atoms with van der Waals surface area (Å²) >= 11 is 0. The summed E-state index contributed by atoms with van der Waals surface area (Å²) in [6, 6.07) is 5.46. The van der Waals surface area contributed by atoms with Gasteiger partial charge in [0.05, 0.1) is 11.5 Å². The van der Waals surface area contributed by atoms with E-state index in [1.54, 1.807) is 6.07 Å². The third kappa shape index (κ3) is 2.06. The van der Waals surface area contributed by atoms with Gasteiger partial charge in [0, 0.05) is 6.54 Å². The van der Waals surface area contributed by atoms with Crippen LogP contribution in [-0.2, 0) is 27.7 Å². The maximum absolute atomic E-state index is 12.4. The normalized spacial score (nSPS) is 20.9. The summed E-state index contributed by atoms with van der Waals surface area (Å²) in [5, 5.41) is 0. The van der Waals surface area contributed by atoms with Gasteiger partial charge in [-0.15, -0.1) is 0 Å². The molecular formula is C13H17NO3S.